The predicted octanol–water partition coefficient (Wildman–Crippen LogP) is 1.38. The molecule has 3 rings (SSSR count). The average molecular weight is 343 g/mol. The topological polar surface area (TPSA) is 85.2 Å². The Labute approximate surface area is 144 Å². The Morgan fingerprint density at radius 3 is 2.12 bits per heavy atom. The van der Waals surface area contributed by atoms with Gasteiger partial charge in [-0.2, -0.15) is 0 Å². The van der Waals surface area contributed by atoms with Gasteiger partial charge in [0, 0.05) is 22.6 Å². The van der Waals surface area contributed by atoms with E-state index in [1.165, 1.54) is 11.8 Å². The molecule has 1 aliphatic rings. The molecule has 0 saturated heterocycles. The van der Waals surface area contributed by atoms with Crippen LogP contribution >= 0.6 is 11.8 Å². The SMILES string of the molecule is CC(C)(C)c1ccc(-c2c(C(=O)[O-])c(C(=O)[O-])c3n2CSC3)cc1. The lowest BCUT2D eigenvalue weighted by molar-refractivity contribution is -0.259. The van der Waals surface area contributed by atoms with E-state index in [4.69, 9.17) is 0 Å². The van der Waals surface area contributed by atoms with Crippen LogP contribution in [0.25, 0.3) is 11.3 Å². The summed E-state index contributed by atoms with van der Waals surface area (Å²) in [6, 6.07) is 7.54. The Hall–Kier alpha value is -2.21. The molecule has 0 fully saturated rings. The Morgan fingerprint density at radius 2 is 1.62 bits per heavy atom. The molecule has 0 atom stereocenters. The number of carboxylic acid groups (broad SMARTS) is 2. The normalized spacial score (nSPS) is 13.8. The molecule has 1 aromatic heterocycles. The summed E-state index contributed by atoms with van der Waals surface area (Å²) in [6.07, 6.45) is 0. The molecule has 0 bridgehead atoms. The van der Waals surface area contributed by atoms with Gasteiger partial charge in [0.25, 0.3) is 0 Å². The summed E-state index contributed by atoms with van der Waals surface area (Å²) >= 11 is 1.54. The molecule has 0 N–H and O–H groups in total. The van der Waals surface area contributed by atoms with Crippen LogP contribution < -0.4 is 10.2 Å². The van der Waals surface area contributed by atoms with Crippen LogP contribution in [0.4, 0.5) is 0 Å². The number of hydrogen-bond acceptors (Lipinski definition) is 5. The fraction of sp³-hybridized carbons (Fsp3) is 0.333. The maximum Gasteiger partial charge on any atom is 0.0743 e. The van der Waals surface area contributed by atoms with Gasteiger partial charge in [0.15, 0.2) is 0 Å². The van der Waals surface area contributed by atoms with E-state index >= 15 is 0 Å². The molecule has 0 aliphatic carbocycles. The van der Waals surface area contributed by atoms with E-state index in [-0.39, 0.29) is 16.5 Å². The minimum absolute atomic E-state index is 0.0250. The maximum atomic E-state index is 11.6. The lowest BCUT2D eigenvalue weighted by Gasteiger charge is -2.19. The van der Waals surface area contributed by atoms with Crippen LogP contribution in [0, 0.1) is 0 Å². The van der Waals surface area contributed by atoms with Crippen molar-refractivity contribution >= 4 is 23.7 Å². The first-order chi connectivity index (χ1) is 11.2. The highest BCUT2D eigenvalue weighted by Crippen LogP contribution is 2.39. The smallest absolute Gasteiger partial charge is 0.0743 e. The number of carbonyl (C=O) groups excluding carboxylic acids is 2. The number of thioether (sulfide) groups is 1. The highest BCUT2D eigenvalue weighted by molar-refractivity contribution is 7.97. The molecule has 0 spiro atoms. The molecule has 1 aromatic carbocycles. The number of aromatic carboxylic acids is 2. The molecule has 2 heterocycles. The summed E-state index contributed by atoms with van der Waals surface area (Å²) in [6.45, 7) is 6.28. The van der Waals surface area contributed by atoms with Gasteiger partial charge in [-0.1, -0.05) is 45.0 Å². The second-order valence-electron chi connectivity index (χ2n) is 6.85. The van der Waals surface area contributed by atoms with Crippen molar-refractivity contribution in [2.24, 2.45) is 0 Å². The Morgan fingerprint density at radius 1 is 1.04 bits per heavy atom. The summed E-state index contributed by atoms with van der Waals surface area (Å²) < 4.78 is 1.74. The van der Waals surface area contributed by atoms with E-state index in [2.05, 4.69) is 20.8 Å². The van der Waals surface area contributed by atoms with Crippen molar-refractivity contribution in [2.45, 2.75) is 37.8 Å². The number of rotatable bonds is 3. The van der Waals surface area contributed by atoms with E-state index < -0.39 is 11.9 Å². The summed E-state index contributed by atoms with van der Waals surface area (Å²) in [5.74, 6) is -2.00. The second-order valence-corrected chi connectivity index (χ2v) is 7.81. The third kappa shape index (κ3) is 2.60. The van der Waals surface area contributed by atoms with Crippen LogP contribution in [0.3, 0.4) is 0 Å². The van der Waals surface area contributed by atoms with Gasteiger partial charge in [-0.25, -0.2) is 0 Å². The molecule has 0 saturated carbocycles. The van der Waals surface area contributed by atoms with E-state index in [0.29, 0.717) is 28.6 Å². The van der Waals surface area contributed by atoms with E-state index in [0.717, 1.165) is 5.56 Å². The maximum absolute atomic E-state index is 11.6. The zero-order chi connectivity index (χ0) is 17.6. The number of carbonyl (C=O) groups is 2. The summed E-state index contributed by atoms with van der Waals surface area (Å²) in [5.41, 5.74) is 2.08. The molecule has 5 nitrogen and oxygen atoms in total. The van der Waals surface area contributed by atoms with E-state index in [9.17, 15) is 19.8 Å². The standard InChI is InChI=1S/C18H19NO4S/c1-18(2,3)11-6-4-10(5-7-11)15-14(17(22)23)13(16(20)21)12-8-24-9-19(12)15/h4-7H,8-9H2,1-3H3,(H,20,21)(H,22,23)/p-2. The van der Waals surface area contributed by atoms with Crippen LogP contribution in [0.5, 0.6) is 0 Å². The van der Waals surface area contributed by atoms with Gasteiger partial charge in [-0.15, -0.1) is 11.8 Å². The molecule has 6 heteroatoms. The molecule has 0 amide bonds. The molecular weight excluding hydrogens is 326 g/mol. The third-order valence-electron chi connectivity index (χ3n) is 4.26. The fourth-order valence-electron chi connectivity index (χ4n) is 3.04. The largest absolute Gasteiger partial charge is 0.545 e. The number of carboxylic acids is 2. The summed E-state index contributed by atoms with van der Waals surface area (Å²) in [4.78, 5) is 23.1. The molecule has 0 unspecified atom stereocenters. The van der Waals surface area contributed by atoms with Gasteiger partial charge in [-0.3, -0.25) is 0 Å². The first kappa shape index (κ1) is 16.6. The molecule has 2 aromatic rings. The molecule has 1 aliphatic heterocycles. The van der Waals surface area contributed by atoms with Gasteiger partial charge < -0.3 is 24.4 Å². The van der Waals surface area contributed by atoms with Crippen LogP contribution in [0.2, 0.25) is 0 Å². The summed E-state index contributed by atoms with van der Waals surface area (Å²) in [7, 11) is 0. The van der Waals surface area contributed by atoms with E-state index in [1.54, 1.807) is 4.57 Å². The Bertz CT molecular complexity index is 828. The molecule has 0 radical (unpaired) electrons. The van der Waals surface area contributed by atoms with Gasteiger partial charge in [-0.05, 0) is 16.5 Å². The highest BCUT2D eigenvalue weighted by atomic mass is 32.2. The number of hydrogen-bond donors (Lipinski definition) is 0. The highest BCUT2D eigenvalue weighted by Gasteiger charge is 2.28. The van der Waals surface area contributed by atoms with Gasteiger partial charge in [0.1, 0.15) is 0 Å². The van der Waals surface area contributed by atoms with Crippen LogP contribution in [-0.2, 0) is 17.0 Å². The van der Waals surface area contributed by atoms with Gasteiger partial charge in [0.05, 0.1) is 23.5 Å². The molecule has 126 valence electrons. The lowest BCUT2D eigenvalue weighted by Crippen LogP contribution is -2.30. The van der Waals surface area contributed by atoms with E-state index in [1.807, 2.05) is 24.3 Å². The van der Waals surface area contributed by atoms with Crippen molar-refractivity contribution in [2.75, 3.05) is 0 Å². The van der Waals surface area contributed by atoms with Crippen molar-refractivity contribution in [3.05, 3.63) is 46.6 Å². The first-order valence-electron chi connectivity index (χ1n) is 7.58. The van der Waals surface area contributed by atoms with Crippen LogP contribution in [0.15, 0.2) is 24.3 Å². The first-order valence-corrected chi connectivity index (χ1v) is 8.74. The minimum atomic E-state index is -1.49. The number of benzene rings is 1. The van der Waals surface area contributed by atoms with Crippen LogP contribution in [0.1, 0.15) is 52.7 Å². The number of nitrogens with zero attached hydrogens (tertiary/aromatic N) is 1. The zero-order valence-electron chi connectivity index (χ0n) is 13.7. The van der Waals surface area contributed by atoms with Crippen molar-refractivity contribution in [3.8, 4) is 11.3 Å². The quantitative estimate of drug-likeness (QED) is 0.840. The molecule has 24 heavy (non-hydrogen) atoms. The number of aromatic nitrogens is 1. The van der Waals surface area contributed by atoms with Crippen molar-refractivity contribution in [1.82, 2.24) is 4.57 Å². The summed E-state index contributed by atoms with van der Waals surface area (Å²) in [5, 5.41) is 23.1. The van der Waals surface area contributed by atoms with Crippen molar-refractivity contribution < 1.29 is 19.8 Å². The Balaban J connectivity index is 2.23. The second kappa shape index (κ2) is 5.70. The lowest BCUT2D eigenvalue weighted by atomic mass is 9.86. The van der Waals surface area contributed by atoms with Gasteiger partial charge >= 0.3 is 0 Å². The predicted molar refractivity (Wildman–Crippen MR) is 88.5 cm³/mol. The monoisotopic (exact) mass is 343 g/mol. The Kier molecular flexibility index (Phi) is 3.95. The minimum Gasteiger partial charge on any atom is -0.545 e. The number of fused-ring (bicyclic) bond motifs is 1. The third-order valence-corrected chi connectivity index (χ3v) is 5.18. The van der Waals surface area contributed by atoms with Gasteiger partial charge in [0.2, 0.25) is 0 Å². The average Bonchev–Trinajstić information content (AvgIpc) is 3.05. The zero-order valence-corrected chi connectivity index (χ0v) is 14.5. The van der Waals surface area contributed by atoms with Crippen LogP contribution in [-0.4, -0.2) is 16.5 Å². The van der Waals surface area contributed by atoms with Crippen molar-refractivity contribution in [1.29, 1.82) is 0 Å². The van der Waals surface area contributed by atoms with Crippen molar-refractivity contribution in [3.63, 3.8) is 0 Å². The fourth-order valence-corrected chi connectivity index (χ4v) is 4.09. The molecular formula is C18H17NO4S-2.